The third kappa shape index (κ3) is 4.83. The van der Waals surface area contributed by atoms with Crippen LogP contribution in [0.3, 0.4) is 0 Å². The molecule has 0 aliphatic heterocycles. The molecule has 1 heterocycles. The molecule has 1 amide bonds. The predicted molar refractivity (Wildman–Crippen MR) is 122 cm³/mol. The van der Waals surface area contributed by atoms with E-state index in [-0.39, 0.29) is 5.91 Å². The number of hydrogen-bond acceptors (Lipinski definition) is 4. The van der Waals surface area contributed by atoms with Gasteiger partial charge in [-0.25, -0.2) is 0 Å². The Kier molecular flexibility index (Phi) is 6.42. The molecular weight excluding hydrogens is 412 g/mol. The summed E-state index contributed by atoms with van der Waals surface area (Å²) < 4.78 is 10.5. The summed E-state index contributed by atoms with van der Waals surface area (Å²) in [5.41, 5.74) is 5.08. The molecule has 31 heavy (non-hydrogen) atoms. The van der Waals surface area contributed by atoms with Crippen molar-refractivity contribution in [1.82, 2.24) is 10.5 Å². The van der Waals surface area contributed by atoms with Crippen LogP contribution in [0, 0.1) is 0 Å². The van der Waals surface area contributed by atoms with Crippen molar-refractivity contribution in [2.45, 2.75) is 32.1 Å². The second-order valence-electron chi connectivity index (χ2n) is 7.65. The highest BCUT2D eigenvalue weighted by Gasteiger charge is 2.22. The predicted octanol–water partition coefficient (Wildman–Crippen LogP) is 5.64. The van der Waals surface area contributed by atoms with Crippen molar-refractivity contribution in [2.75, 3.05) is 13.7 Å². The van der Waals surface area contributed by atoms with E-state index in [1.165, 1.54) is 16.7 Å². The maximum absolute atomic E-state index is 12.5. The summed E-state index contributed by atoms with van der Waals surface area (Å²) in [5, 5.41) is 7.60. The fourth-order valence-corrected chi connectivity index (χ4v) is 4.13. The van der Waals surface area contributed by atoms with Crippen molar-refractivity contribution >= 4 is 23.1 Å². The molecule has 1 aliphatic rings. The summed E-state index contributed by atoms with van der Waals surface area (Å²) >= 11 is 6.20. The third-order valence-corrected chi connectivity index (χ3v) is 5.85. The molecule has 2 aromatic carbocycles. The van der Waals surface area contributed by atoms with Crippen molar-refractivity contribution in [3.8, 4) is 5.75 Å². The lowest BCUT2D eigenvalue weighted by Gasteiger charge is -2.09. The van der Waals surface area contributed by atoms with E-state index in [9.17, 15) is 4.79 Å². The molecule has 1 atom stereocenters. The molecule has 6 heteroatoms. The number of fused-ring (bicyclic) bond motifs is 1. The normalized spacial score (nSPS) is 14.8. The first-order valence-electron chi connectivity index (χ1n) is 10.4. The molecule has 1 aliphatic carbocycles. The number of rotatable bonds is 8. The minimum absolute atomic E-state index is 0.235. The van der Waals surface area contributed by atoms with Crippen LogP contribution in [0.5, 0.6) is 5.75 Å². The highest BCUT2D eigenvalue weighted by molar-refractivity contribution is 6.30. The zero-order chi connectivity index (χ0) is 21.8. The monoisotopic (exact) mass is 436 g/mol. The van der Waals surface area contributed by atoms with E-state index in [0.717, 1.165) is 29.2 Å². The van der Waals surface area contributed by atoms with Gasteiger partial charge in [-0.15, -0.1) is 0 Å². The topological polar surface area (TPSA) is 64.4 Å². The minimum atomic E-state index is -0.235. The number of benzene rings is 2. The van der Waals surface area contributed by atoms with Crippen LogP contribution in [-0.2, 0) is 6.42 Å². The number of halogens is 1. The van der Waals surface area contributed by atoms with E-state index < -0.39 is 0 Å². The molecule has 3 aromatic rings. The lowest BCUT2D eigenvalue weighted by atomic mass is 9.98. The van der Waals surface area contributed by atoms with Gasteiger partial charge >= 0.3 is 0 Å². The number of hydrogen-bond donors (Lipinski definition) is 1. The van der Waals surface area contributed by atoms with Crippen molar-refractivity contribution < 1.29 is 14.1 Å². The van der Waals surface area contributed by atoms with Gasteiger partial charge in [0.25, 0.3) is 5.91 Å². The Bertz CT molecular complexity index is 1100. The lowest BCUT2D eigenvalue weighted by molar-refractivity contribution is 0.0945. The van der Waals surface area contributed by atoms with Crippen LogP contribution in [0.25, 0.3) is 5.57 Å². The Balaban J connectivity index is 1.33. The fraction of sp³-hybridized carbons (Fsp3) is 0.280. The zero-order valence-corrected chi connectivity index (χ0v) is 18.4. The van der Waals surface area contributed by atoms with Crippen molar-refractivity contribution in [3.63, 3.8) is 0 Å². The van der Waals surface area contributed by atoms with E-state index in [1.807, 2.05) is 36.4 Å². The number of aromatic nitrogens is 1. The molecule has 0 bridgehead atoms. The van der Waals surface area contributed by atoms with Gasteiger partial charge in [0.2, 0.25) is 0 Å². The van der Waals surface area contributed by atoms with Gasteiger partial charge in [0, 0.05) is 30.0 Å². The van der Waals surface area contributed by atoms with Crippen molar-refractivity contribution in [2.24, 2.45) is 0 Å². The SMILES string of the molecule is CCC1C=C(CCNC(=O)c2cc(Cc3ccc(OC)cc3)on2)c2cc(Cl)ccc21. The lowest BCUT2D eigenvalue weighted by Crippen LogP contribution is -2.24. The molecule has 1 N–H and O–H groups in total. The molecule has 0 saturated heterocycles. The quantitative estimate of drug-likeness (QED) is 0.496. The molecule has 1 unspecified atom stereocenters. The number of amides is 1. The smallest absolute Gasteiger partial charge is 0.273 e. The molecule has 0 spiro atoms. The summed E-state index contributed by atoms with van der Waals surface area (Å²) in [7, 11) is 1.63. The van der Waals surface area contributed by atoms with Gasteiger partial charge in [0.05, 0.1) is 7.11 Å². The van der Waals surface area contributed by atoms with Gasteiger partial charge in [-0.2, -0.15) is 0 Å². The van der Waals surface area contributed by atoms with Crippen LogP contribution in [0.15, 0.2) is 59.1 Å². The molecular formula is C25H25ClN2O3. The second-order valence-corrected chi connectivity index (χ2v) is 8.08. The number of allylic oxidation sites excluding steroid dienone is 1. The number of nitrogens with one attached hydrogen (secondary N) is 1. The minimum Gasteiger partial charge on any atom is -0.497 e. The molecule has 0 fully saturated rings. The fourth-order valence-electron chi connectivity index (χ4n) is 3.96. The number of ether oxygens (including phenoxy) is 1. The number of methoxy groups -OCH3 is 1. The van der Waals surface area contributed by atoms with Gasteiger partial charge in [-0.3, -0.25) is 4.79 Å². The second kappa shape index (κ2) is 9.40. The standard InChI is InChI=1S/C25H25ClN2O3/c1-3-17-13-18(23-14-19(26)6-9-22(17)23)10-11-27-25(29)24-15-21(31-28-24)12-16-4-7-20(30-2)8-5-16/h4-9,13-15,17H,3,10-12H2,1-2H3,(H,27,29). The molecule has 1 aromatic heterocycles. The largest absolute Gasteiger partial charge is 0.497 e. The zero-order valence-electron chi connectivity index (χ0n) is 17.7. The maximum Gasteiger partial charge on any atom is 0.273 e. The molecule has 5 nitrogen and oxygen atoms in total. The van der Waals surface area contributed by atoms with Gasteiger partial charge in [-0.05, 0) is 59.4 Å². The average molecular weight is 437 g/mol. The van der Waals surface area contributed by atoms with Crippen molar-refractivity contribution in [1.29, 1.82) is 0 Å². The summed E-state index contributed by atoms with van der Waals surface area (Å²) in [4.78, 5) is 12.5. The van der Waals surface area contributed by atoms with Crippen LogP contribution < -0.4 is 10.1 Å². The first-order chi connectivity index (χ1) is 15.1. The van der Waals surface area contributed by atoms with E-state index >= 15 is 0 Å². The van der Waals surface area contributed by atoms with Crippen molar-refractivity contribution in [3.05, 3.63) is 87.8 Å². The van der Waals surface area contributed by atoms with Gasteiger partial charge < -0.3 is 14.6 Å². The number of nitrogens with zero attached hydrogens (tertiary/aromatic N) is 1. The summed E-state index contributed by atoms with van der Waals surface area (Å²) in [6, 6.07) is 15.5. The first-order valence-corrected chi connectivity index (χ1v) is 10.8. The van der Waals surface area contributed by atoms with Crippen LogP contribution in [0.2, 0.25) is 5.02 Å². The van der Waals surface area contributed by atoms with E-state index in [1.54, 1.807) is 13.2 Å². The Morgan fingerprint density at radius 3 is 2.74 bits per heavy atom. The first kappa shape index (κ1) is 21.2. The maximum atomic E-state index is 12.5. The number of carbonyl (C=O) groups is 1. The Labute approximate surface area is 187 Å². The van der Waals surface area contributed by atoms with E-state index in [2.05, 4.69) is 29.5 Å². The Hall–Kier alpha value is -3.05. The summed E-state index contributed by atoms with van der Waals surface area (Å²) in [5.74, 6) is 1.62. The van der Waals surface area contributed by atoms with Crippen LogP contribution >= 0.6 is 11.6 Å². The highest BCUT2D eigenvalue weighted by atomic mass is 35.5. The molecule has 160 valence electrons. The summed E-state index contributed by atoms with van der Waals surface area (Å²) in [6.45, 7) is 2.70. The van der Waals surface area contributed by atoms with Crippen LogP contribution in [0.4, 0.5) is 0 Å². The molecule has 0 saturated carbocycles. The average Bonchev–Trinajstić information content (AvgIpc) is 3.39. The van der Waals surface area contributed by atoms with E-state index in [0.29, 0.717) is 30.3 Å². The Morgan fingerprint density at radius 1 is 1.19 bits per heavy atom. The molecule has 4 rings (SSSR count). The number of carbonyl (C=O) groups excluding carboxylic acids is 1. The Morgan fingerprint density at radius 2 is 2.00 bits per heavy atom. The van der Waals surface area contributed by atoms with Crippen LogP contribution in [0.1, 0.15) is 58.6 Å². The van der Waals surface area contributed by atoms with E-state index in [4.69, 9.17) is 20.9 Å². The molecule has 0 radical (unpaired) electrons. The third-order valence-electron chi connectivity index (χ3n) is 5.61. The van der Waals surface area contributed by atoms with Gasteiger partial charge in [0.15, 0.2) is 5.69 Å². The van der Waals surface area contributed by atoms with Crippen LogP contribution in [-0.4, -0.2) is 24.7 Å². The summed E-state index contributed by atoms with van der Waals surface area (Å²) in [6.07, 6.45) is 4.63. The highest BCUT2D eigenvalue weighted by Crippen LogP contribution is 2.40. The van der Waals surface area contributed by atoms with Gasteiger partial charge in [0.1, 0.15) is 11.5 Å². The van der Waals surface area contributed by atoms with Gasteiger partial charge in [-0.1, -0.05) is 48.0 Å².